The number of allylic oxidation sites excluding steroid dienone is 2. The van der Waals surface area contributed by atoms with Gasteiger partial charge in [0.25, 0.3) is 0 Å². The second-order valence-electron chi connectivity index (χ2n) is 9.16. The van der Waals surface area contributed by atoms with Gasteiger partial charge in [0, 0.05) is 20.2 Å². The van der Waals surface area contributed by atoms with Gasteiger partial charge in [0.05, 0.1) is 48.1 Å². The highest BCUT2D eigenvalue weighted by atomic mass is 16.5. The van der Waals surface area contributed by atoms with Crippen LogP contribution in [0.15, 0.2) is 36.4 Å². The van der Waals surface area contributed by atoms with Gasteiger partial charge >= 0.3 is 0 Å². The number of hydrogen-bond donors (Lipinski definition) is 3. The van der Waals surface area contributed by atoms with Gasteiger partial charge < -0.3 is 25.2 Å². The molecular weight excluding hydrogens is 416 g/mol. The Hall–Kier alpha value is -3.06. The van der Waals surface area contributed by atoms with Gasteiger partial charge in [-0.05, 0) is 71.7 Å². The zero-order chi connectivity index (χ0) is 24.8. The normalized spacial score (nSPS) is 16.4. The summed E-state index contributed by atoms with van der Waals surface area (Å²) in [6, 6.07) is 7.78. The van der Waals surface area contributed by atoms with Gasteiger partial charge in [-0.25, -0.2) is 9.97 Å². The van der Waals surface area contributed by atoms with Gasteiger partial charge in [-0.15, -0.1) is 0 Å². The second-order valence-corrected chi connectivity index (χ2v) is 9.16. The molecule has 0 atom stereocenters. The number of aromatic nitrogens is 2. The van der Waals surface area contributed by atoms with Crippen molar-refractivity contribution in [3.05, 3.63) is 47.8 Å². The summed E-state index contributed by atoms with van der Waals surface area (Å²) in [6.07, 6.45) is 4.36. The largest absolute Gasteiger partial charge is 0.481 e. The van der Waals surface area contributed by atoms with Crippen LogP contribution in [0, 0.1) is 0 Å². The van der Waals surface area contributed by atoms with Gasteiger partial charge in [-0.1, -0.05) is 12.2 Å². The second kappa shape index (κ2) is 10.7. The molecule has 0 saturated carbocycles. The first-order valence-corrected chi connectivity index (χ1v) is 11.1. The molecule has 0 fully saturated rings. The number of ether oxygens (including phenoxy) is 2. The third-order valence-electron chi connectivity index (χ3n) is 4.97. The summed E-state index contributed by atoms with van der Waals surface area (Å²) in [5, 5.41) is 14.4. The number of aliphatic hydroxyl groups is 1. The Labute approximate surface area is 199 Å². The zero-order valence-electron chi connectivity index (χ0n) is 21.3. The van der Waals surface area contributed by atoms with Crippen LogP contribution in [0.25, 0.3) is 11.1 Å². The van der Waals surface area contributed by atoms with Crippen molar-refractivity contribution < 1.29 is 16.0 Å². The third-order valence-corrected chi connectivity index (χ3v) is 4.97. The molecule has 2 aromatic rings. The average Bonchev–Trinajstić information content (AvgIpc) is 2.73. The number of nitrogens with one attached hydrogen (secondary N) is 2. The molecular formula is C26H40N4O3. The fourth-order valence-electron chi connectivity index (χ4n) is 3.90. The Morgan fingerprint density at radius 3 is 1.42 bits per heavy atom. The molecule has 33 heavy (non-hydrogen) atoms. The summed E-state index contributed by atoms with van der Waals surface area (Å²) in [4.78, 5) is 8.85. The van der Waals surface area contributed by atoms with E-state index in [1.54, 1.807) is 21.1 Å². The smallest absolute Gasteiger partial charge is 0.213 e. The monoisotopic (exact) mass is 456 g/mol. The van der Waals surface area contributed by atoms with Crippen LogP contribution in [-0.2, 0) is 0 Å². The van der Waals surface area contributed by atoms with Crippen molar-refractivity contribution >= 4 is 22.5 Å². The number of nitrogens with zero attached hydrogens (tertiary/aromatic N) is 2. The summed E-state index contributed by atoms with van der Waals surface area (Å²) in [5.74, 6) is 1.31. The van der Waals surface area contributed by atoms with E-state index in [1.807, 2.05) is 24.3 Å². The van der Waals surface area contributed by atoms with E-state index in [4.69, 9.17) is 14.6 Å². The Bertz CT molecular complexity index is 951. The highest BCUT2D eigenvalue weighted by Gasteiger charge is 2.24. The third kappa shape index (κ3) is 6.96. The Kier molecular flexibility index (Phi) is 8.50. The molecule has 0 amide bonds. The van der Waals surface area contributed by atoms with Crippen LogP contribution < -0.4 is 20.1 Å². The van der Waals surface area contributed by atoms with Gasteiger partial charge in [0.15, 0.2) is 0 Å². The standard InChI is InChI=1S/2C12H16N2O.C2H6O.H2/c2*1-8-7-12(2,3)14-9-5-6-10(15-4)13-11(8)9;1-2-3;/h2*5-7,14H,1-4H3;3H,2H2,1H3;1H. The lowest BCUT2D eigenvalue weighted by atomic mass is 9.94. The Morgan fingerprint density at radius 1 is 0.788 bits per heavy atom. The lowest BCUT2D eigenvalue weighted by Crippen LogP contribution is -2.31. The predicted molar refractivity (Wildman–Crippen MR) is 139 cm³/mol. The summed E-state index contributed by atoms with van der Waals surface area (Å²) in [6.45, 7) is 14.7. The van der Waals surface area contributed by atoms with Crippen LogP contribution in [0.1, 0.15) is 61.3 Å². The van der Waals surface area contributed by atoms with Crippen molar-refractivity contribution in [2.24, 2.45) is 0 Å². The number of methoxy groups -OCH3 is 2. The van der Waals surface area contributed by atoms with E-state index in [1.165, 1.54) is 11.1 Å². The molecule has 7 nitrogen and oxygen atoms in total. The fourth-order valence-corrected chi connectivity index (χ4v) is 3.90. The van der Waals surface area contributed by atoms with Crippen LogP contribution in [0.3, 0.4) is 0 Å². The van der Waals surface area contributed by atoms with E-state index in [2.05, 4.69) is 74.3 Å². The highest BCUT2D eigenvalue weighted by Crippen LogP contribution is 2.34. The lowest BCUT2D eigenvalue weighted by molar-refractivity contribution is 0.318. The van der Waals surface area contributed by atoms with Gasteiger partial charge in [-0.2, -0.15) is 0 Å². The first-order valence-electron chi connectivity index (χ1n) is 11.1. The fraction of sp³-hybridized carbons (Fsp3) is 0.462. The van der Waals surface area contributed by atoms with Crippen molar-refractivity contribution in [2.75, 3.05) is 31.5 Å². The van der Waals surface area contributed by atoms with Crippen molar-refractivity contribution in [3.63, 3.8) is 0 Å². The molecule has 0 spiro atoms. The lowest BCUT2D eigenvalue weighted by Gasteiger charge is -2.30. The maximum atomic E-state index is 7.57. The van der Waals surface area contributed by atoms with Crippen LogP contribution in [0.4, 0.5) is 11.4 Å². The molecule has 2 aliphatic heterocycles. The van der Waals surface area contributed by atoms with E-state index >= 15 is 0 Å². The number of hydrogen-bond acceptors (Lipinski definition) is 7. The van der Waals surface area contributed by atoms with Crippen molar-refractivity contribution in [1.29, 1.82) is 0 Å². The summed E-state index contributed by atoms with van der Waals surface area (Å²) in [7, 11) is 3.27. The molecule has 2 aliphatic rings. The van der Waals surface area contributed by atoms with Gasteiger partial charge in [-0.3, -0.25) is 0 Å². The number of fused-ring (bicyclic) bond motifs is 2. The number of rotatable bonds is 2. The molecule has 4 heterocycles. The number of anilines is 2. The molecule has 2 aromatic heterocycles. The summed E-state index contributed by atoms with van der Waals surface area (Å²) in [5.41, 5.74) is 6.46. The topological polar surface area (TPSA) is 88.5 Å². The number of aliphatic hydroxyl groups excluding tert-OH is 1. The van der Waals surface area contributed by atoms with E-state index in [0.717, 1.165) is 22.8 Å². The van der Waals surface area contributed by atoms with Crippen LogP contribution >= 0.6 is 0 Å². The molecule has 0 unspecified atom stereocenters. The van der Waals surface area contributed by atoms with Gasteiger partial charge in [0.1, 0.15) is 0 Å². The first kappa shape index (κ1) is 26.2. The Morgan fingerprint density at radius 2 is 1.12 bits per heavy atom. The average molecular weight is 457 g/mol. The van der Waals surface area contributed by atoms with E-state index in [-0.39, 0.29) is 19.1 Å². The quantitative estimate of drug-likeness (QED) is 0.539. The molecule has 0 aliphatic carbocycles. The highest BCUT2D eigenvalue weighted by molar-refractivity contribution is 5.78. The minimum absolute atomic E-state index is 0. The number of pyridine rings is 2. The minimum Gasteiger partial charge on any atom is -0.481 e. The van der Waals surface area contributed by atoms with Crippen LogP contribution in [-0.4, -0.2) is 47.0 Å². The molecule has 0 saturated heterocycles. The predicted octanol–water partition coefficient (Wildman–Crippen LogP) is 5.64. The summed E-state index contributed by atoms with van der Waals surface area (Å²) >= 11 is 0. The molecule has 4 rings (SSSR count). The minimum atomic E-state index is -0.00660. The Balaban J connectivity index is 0.000000297. The van der Waals surface area contributed by atoms with E-state index in [9.17, 15) is 0 Å². The van der Waals surface area contributed by atoms with Crippen molar-refractivity contribution in [3.8, 4) is 11.8 Å². The molecule has 7 heteroatoms. The van der Waals surface area contributed by atoms with Crippen molar-refractivity contribution in [2.45, 2.75) is 59.5 Å². The molecule has 182 valence electrons. The zero-order valence-corrected chi connectivity index (χ0v) is 21.3. The van der Waals surface area contributed by atoms with E-state index in [0.29, 0.717) is 11.8 Å². The SMILES string of the molecule is CCO.COc1ccc2c(n1)C(C)=CC(C)(C)N2.COc1ccc2c(n1)C(C)=CC(C)(C)N2.[HH]. The molecule has 3 N–H and O–H groups in total. The van der Waals surface area contributed by atoms with Gasteiger partial charge in [0.2, 0.25) is 11.8 Å². The maximum Gasteiger partial charge on any atom is 0.213 e. The maximum absolute atomic E-state index is 7.57. The first-order chi connectivity index (χ1) is 15.4. The van der Waals surface area contributed by atoms with Crippen molar-refractivity contribution in [1.82, 2.24) is 9.97 Å². The van der Waals surface area contributed by atoms with Crippen LogP contribution in [0.5, 0.6) is 11.8 Å². The molecule has 0 aromatic carbocycles. The van der Waals surface area contributed by atoms with E-state index < -0.39 is 0 Å². The molecule has 0 bridgehead atoms. The summed E-state index contributed by atoms with van der Waals surface area (Å²) < 4.78 is 10.2. The van der Waals surface area contributed by atoms with Crippen LogP contribution in [0.2, 0.25) is 0 Å². The molecule has 0 radical (unpaired) electrons.